The van der Waals surface area contributed by atoms with E-state index in [1.165, 1.54) is 32.5 Å². The Labute approximate surface area is 231 Å². The van der Waals surface area contributed by atoms with Crippen molar-refractivity contribution in [3.63, 3.8) is 0 Å². The Morgan fingerprint density at radius 1 is 1.32 bits per heavy atom. The van der Waals surface area contributed by atoms with Crippen molar-refractivity contribution in [2.24, 2.45) is 4.99 Å². The van der Waals surface area contributed by atoms with E-state index in [-0.39, 0.29) is 18.8 Å². The van der Waals surface area contributed by atoms with Crippen molar-refractivity contribution in [1.29, 1.82) is 0 Å². The van der Waals surface area contributed by atoms with Gasteiger partial charge in [-0.15, -0.1) is 11.8 Å². The van der Waals surface area contributed by atoms with Crippen LogP contribution in [0.5, 0.6) is 0 Å². The summed E-state index contributed by atoms with van der Waals surface area (Å²) in [5, 5.41) is 24.3. The molecule has 0 spiro atoms. The number of thioether (sulfide) groups is 2. The number of hydrogen-bond acceptors (Lipinski definition) is 8. The van der Waals surface area contributed by atoms with Gasteiger partial charge in [0, 0.05) is 17.7 Å². The molecule has 3 aliphatic heterocycles. The summed E-state index contributed by atoms with van der Waals surface area (Å²) in [5.74, 6) is 0.530. The van der Waals surface area contributed by atoms with Gasteiger partial charge in [-0.2, -0.15) is 0 Å². The molecule has 6 rings (SSSR count). The van der Waals surface area contributed by atoms with E-state index < -0.39 is 19.6 Å². The number of aliphatic hydroxyl groups excluding tert-OH is 1. The number of aliphatic hydroxyl groups is 2. The molecule has 0 radical (unpaired) electrons. The van der Waals surface area contributed by atoms with Gasteiger partial charge in [0.1, 0.15) is 27.6 Å². The predicted molar refractivity (Wildman–Crippen MR) is 157 cm³/mol. The molecule has 4 aliphatic rings. The van der Waals surface area contributed by atoms with Gasteiger partial charge >= 0.3 is 5.97 Å². The Kier molecular flexibility index (Phi) is 6.65. The second-order valence-electron chi connectivity index (χ2n) is 11.2. The van der Waals surface area contributed by atoms with E-state index in [1.54, 1.807) is 6.92 Å². The van der Waals surface area contributed by atoms with Gasteiger partial charge in [0.15, 0.2) is 5.60 Å². The number of rotatable bonds is 6. The number of cyclic esters (lactones) is 1. The van der Waals surface area contributed by atoms with Crippen molar-refractivity contribution in [3.8, 4) is 0 Å². The first-order valence-corrected chi connectivity index (χ1v) is 18.6. The van der Waals surface area contributed by atoms with Crippen LogP contribution in [0.2, 0.25) is 19.1 Å². The van der Waals surface area contributed by atoms with Gasteiger partial charge < -0.3 is 19.5 Å². The lowest BCUT2D eigenvalue weighted by atomic mass is 9.80. The molecule has 38 heavy (non-hydrogen) atoms. The predicted octanol–water partition coefficient (Wildman–Crippen LogP) is 2.92. The van der Waals surface area contributed by atoms with Crippen LogP contribution in [0.1, 0.15) is 35.7 Å². The third kappa shape index (κ3) is 4.39. The number of aryl methyl sites for hydroxylation is 1. The summed E-state index contributed by atoms with van der Waals surface area (Å²) in [6, 6.07) is 7.71. The largest absolute Gasteiger partial charge is 0.505 e. The summed E-state index contributed by atoms with van der Waals surface area (Å²) >= 11 is 3.83. The lowest BCUT2D eigenvalue weighted by Gasteiger charge is -2.35. The van der Waals surface area contributed by atoms with Gasteiger partial charge in [0.25, 0.3) is 0 Å². The summed E-state index contributed by atoms with van der Waals surface area (Å²) < 4.78 is 8.62. The highest BCUT2D eigenvalue weighted by atomic mass is 32.2. The molecule has 1 aliphatic carbocycles. The van der Waals surface area contributed by atoms with E-state index in [1.807, 2.05) is 23.5 Å². The molecule has 0 fully saturated rings. The number of aromatic nitrogens is 2. The highest BCUT2D eigenvalue weighted by Crippen LogP contribution is 2.36. The lowest BCUT2D eigenvalue weighted by molar-refractivity contribution is -0.163. The van der Waals surface area contributed by atoms with Crippen molar-refractivity contribution in [1.82, 2.24) is 9.55 Å². The lowest BCUT2D eigenvalue weighted by Crippen LogP contribution is -2.49. The van der Waals surface area contributed by atoms with Crippen molar-refractivity contribution in [2.45, 2.75) is 57.5 Å². The highest BCUT2D eigenvalue weighted by Gasteiger charge is 2.47. The van der Waals surface area contributed by atoms with E-state index >= 15 is 0 Å². The van der Waals surface area contributed by atoms with Gasteiger partial charge in [0.2, 0.25) is 0 Å². The first kappa shape index (κ1) is 26.0. The normalized spacial score (nSPS) is 22.3. The highest BCUT2D eigenvalue weighted by molar-refractivity contribution is 8.39. The van der Waals surface area contributed by atoms with Gasteiger partial charge in [-0.3, -0.25) is 4.99 Å². The number of fused-ring (bicyclic) bond motifs is 4. The molecule has 10 heteroatoms. The minimum Gasteiger partial charge on any atom is -0.505 e. The molecule has 7 nitrogen and oxygen atoms in total. The Morgan fingerprint density at radius 2 is 2.16 bits per heavy atom. The first-order chi connectivity index (χ1) is 18.2. The molecule has 200 valence electrons. The number of carbonyl (C=O) groups excluding carboxylic acids is 1. The molecular formula is C28H33N3O4S2Si. The molecule has 0 bridgehead atoms. The molecular weight excluding hydrogens is 535 g/mol. The fourth-order valence-corrected chi connectivity index (χ4v) is 11.2. The molecule has 4 heterocycles. The summed E-state index contributed by atoms with van der Waals surface area (Å²) in [6.07, 6.45) is 3.64. The topological polar surface area (TPSA) is 96.9 Å². The number of imidazole rings is 1. The van der Waals surface area contributed by atoms with Crippen LogP contribution in [-0.2, 0) is 28.9 Å². The molecule has 0 saturated heterocycles. The van der Waals surface area contributed by atoms with Crippen LogP contribution in [0.25, 0.3) is 11.8 Å². The summed E-state index contributed by atoms with van der Waals surface area (Å²) in [4.78, 5) is 21.9. The van der Waals surface area contributed by atoms with E-state index in [9.17, 15) is 15.0 Å². The Balaban J connectivity index is 1.30. The molecule has 1 aromatic heterocycles. The number of nitrogens with zero attached hydrogens (tertiary/aromatic N) is 3. The number of benzene rings is 1. The summed E-state index contributed by atoms with van der Waals surface area (Å²) in [5.41, 5.74) is 4.60. The Morgan fingerprint density at radius 3 is 2.92 bits per heavy atom. The third-order valence-corrected chi connectivity index (χ3v) is 15.3. The average molecular weight is 568 g/mol. The second kappa shape index (κ2) is 9.73. The third-order valence-electron chi connectivity index (χ3n) is 8.11. The minimum atomic E-state index is -1.72. The summed E-state index contributed by atoms with van der Waals surface area (Å²) in [6.45, 7) is 8.25. The monoisotopic (exact) mass is 567 g/mol. The fraction of sp³-hybridized carbons (Fsp3) is 0.464. The van der Waals surface area contributed by atoms with Crippen molar-refractivity contribution < 1.29 is 19.7 Å². The van der Waals surface area contributed by atoms with Crippen LogP contribution >= 0.6 is 23.5 Å². The molecule has 2 aromatic rings. The van der Waals surface area contributed by atoms with Crippen LogP contribution < -0.4 is 10.8 Å². The SMILES string of the molecule is CC[C@@]1(O)C(=O)OCC2=C1Cc1nc3n(c1=C2O)Cc1c(cccc1CC[Si](C)(C)CSC1=NCCS1)C=3. The number of ether oxygens (including phenoxy) is 1. The zero-order chi connectivity index (χ0) is 26.7. The molecule has 0 unspecified atom stereocenters. The van der Waals surface area contributed by atoms with Gasteiger partial charge in [-0.1, -0.05) is 56.0 Å². The van der Waals surface area contributed by atoms with Crippen LogP contribution in [0.4, 0.5) is 0 Å². The molecule has 2 N–H and O–H groups in total. The van der Waals surface area contributed by atoms with Crippen molar-refractivity contribution in [3.05, 3.63) is 62.6 Å². The smallest absolute Gasteiger partial charge is 0.342 e. The van der Waals surface area contributed by atoms with Gasteiger partial charge in [-0.25, -0.2) is 9.78 Å². The fourth-order valence-electron chi connectivity index (χ4n) is 5.75. The van der Waals surface area contributed by atoms with Crippen LogP contribution in [0.15, 0.2) is 34.3 Å². The van der Waals surface area contributed by atoms with Crippen molar-refractivity contribution in [2.75, 3.05) is 24.3 Å². The van der Waals surface area contributed by atoms with Gasteiger partial charge in [0.05, 0.1) is 26.9 Å². The van der Waals surface area contributed by atoms with Crippen molar-refractivity contribution >= 4 is 53.8 Å². The molecule has 0 saturated carbocycles. The second-order valence-corrected chi connectivity index (χ2v) is 19.2. The molecule has 1 atom stereocenters. The first-order valence-electron chi connectivity index (χ1n) is 13.2. The van der Waals surface area contributed by atoms with E-state index in [0.717, 1.165) is 24.2 Å². The van der Waals surface area contributed by atoms with Crippen LogP contribution in [-0.4, -0.2) is 68.1 Å². The quantitative estimate of drug-likeness (QED) is 0.349. The van der Waals surface area contributed by atoms with E-state index in [4.69, 9.17) is 9.72 Å². The maximum atomic E-state index is 12.4. The Hall–Kier alpha value is -2.27. The Bertz CT molecular complexity index is 1530. The molecule has 0 amide bonds. The van der Waals surface area contributed by atoms with Crippen LogP contribution in [0.3, 0.4) is 0 Å². The maximum absolute atomic E-state index is 12.4. The zero-order valence-corrected chi connectivity index (χ0v) is 24.7. The minimum absolute atomic E-state index is 0.0313. The zero-order valence-electron chi connectivity index (χ0n) is 22.0. The van der Waals surface area contributed by atoms with Gasteiger partial charge in [-0.05, 0) is 46.6 Å². The van der Waals surface area contributed by atoms with E-state index in [2.05, 4.69) is 46.9 Å². The maximum Gasteiger partial charge on any atom is 0.342 e. The summed E-state index contributed by atoms with van der Waals surface area (Å²) in [7, 11) is -1.41. The average Bonchev–Trinajstić information content (AvgIpc) is 3.55. The standard InChI is InChI=1S/C28H33N3O4S2Si/c1-4-28(34)21-13-22-24(25(32)20(21)15-35-26(28)33)31-14-19-17(6-5-7-18(19)12-23(31)30-22)8-11-38(2,3)16-37-27-29-9-10-36-27/h5-7,12,32,34H,4,8-11,13-16H2,1-3H3/t28-/m0/s1. The van der Waals surface area contributed by atoms with Crippen LogP contribution in [0, 0.1) is 0 Å². The number of aliphatic imine (C=N–C) groups is 1. The number of hydrogen-bond donors (Lipinski definition) is 2. The number of carbonyl (C=O) groups is 1. The van der Waals surface area contributed by atoms with E-state index in [0.29, 0.717) is 35.2 Å². The number of esters is 1. The molecule has 1 aromatic carbocycles.